The highest BCUT2D eigenvalue weighted by Gasteiger charge is 2.10. The van der Waals surface area contributed by atoms with Gasteiger partial charge in [0.25, 0.3) is 0 Å². The molecule has 0 saturated carbocycles. The molecule has 2 aromatic rings. The number of ether oxygens (including phenoxy) is 1. The highest BCUT2D eigenvalue weighted by molar-refractivity contribution is 7.09. The SMILES string of the molecule is Cc1nc(COc2ccc(CNC(C)(C)C)cc2Cl)cs1. The van der Waals surface area contributed by atoms with Crippen LogP contribution in [0.2, 0.25) is 5.02 Å². The van der Waals surface area contributed by atoms with E-state index >= 15 is 0 Å². The lowest BCUT2D eigenvalue weighted by Crippen LogP contribution is -2.35. The Labute approximate surface area is 135 Å². The van der Waals surface area contributed by atoms with Gasteiger partial charge in [-0.2, -0.15) is 0 Å². The lowest BCUT2D eigenvalue weighted by molar-refractivity contribution is 0.302. The van der Waals surface area contributed by atoms with Crippen molar-refractivity contribution in [2.45, 2.75) is 46.4 Å². The fourth-order valence-electron chi connectivity index (χ4n) is 1.76. The molecule has 0 spiro atoms. The quantitative estimate of drug-likeness (QED) is 0.874. The van der Waals surface area contributed by atoms with E-state index in [0.717, 1.165) is 22.8 Å². The number of rotatable bonds is 5. The minimum absolute atomic E-state index is 0.0874. The lowest BCUT2D eigenvalue weighted by atomic mass is 10.1. The third-order valence-corrected chi connectivity index (χ3v) is 3.98. The molecule has 1 heterocycles. The van der Waals surface area contributed by atoms with Crippen LogP contribution in [0, 0.1) is 6.92 Å². The predicted octanol–water partition coefficient (Wildman–Crippen LogP) is 4.57. The fourth-order valence-corrected chi connectivity index (χ4v) is 2.62. The molecule has 0 radical (unpaired) electrons. The molecule has 0 bridgehead atoms. The zero-order valence-electron chi connectivity index (χ0n) is 12.9. The molecule has 0 aliphatic rings. The average Bonchev–Trinajstić information content (AvgIpc) is 2.80. The van der Waals surface area contributed by atoms with Gasteiger partial charge in [0.15, 0.2) is 0 Å². The molecule has 2 rings (SSSR count). The lowest BCUT2D eigenvalue weighted by Gasteiger charge is -2.20. The minimum Gasteiger partial charge on any atom is -0.486 e. The molecule has 0 atom stereocenters. The normalized spacial score (nSPS) is 11.7. The van der Waals surface area contributed by atoms with Crippen LogP contribution >= 0.6 is 22.9 Å². The van der Waals surface area contributed by atoms with Gasteiger partial charge in [0.05, 0.1) is 15.7 Å². The van der Waals surface area contributed by atoms with Gasteiger partial charge in [-0.05, 0) is 45.4 Å². The van der Waals surface area contributed by atoms with Crippen molar-refractivity contribution in [3.8, 4) is 5.75 Å². The summed E-state index contributed by atoms with van der Waals surface area (Å²) in [5, 5.41) is 7.12. The maximum Gasteiger partial charge on any atom is 0.138 e. The first-order chi connectivity index (χ1) is 9.83. The number of hydrogen-bond acceptors (Lipinski definition) is 4. The molecule has 0 fully saturated rings. The van der Waals surface area contributed by atoms with Crippen molar-refractivity contribution in [2.24, 2.45) is 0 Å². The van der Waals surface area contributed by atoms with Gasteiger partial charge < -0.3 is 10.1 Å². The summed E-state index contributed by atoms with van der Waals surface area (Å²) in [5.74, 6) is 0.696. The summed E-state index contributed by atoms with van der Waals surface area (Å²) in [7, 11) is 0. The number of benzene rings is 1. The molecular formula is C16H21ClN2OS. The molecule has 1 aromatic carbocycles. The van der Waals surface area contributed by atoms with Crippen molar-refractivity contribution in [2.75, 3.05) is 0 Å². The zero-order valence-corrected chi connectivity index (χ0v) is 14.4. The van der Waals surface area contributed by atoms with Gasteiger partial charge in [-0.15, -0.1) is 11.3 Å². The van der Waals surface area contributed by atoms with Crippen LogP contribution < -0.4 is 10.1 Å². The number of thiazole rings is 1. The van der Waals surface area contributed by atoms with Gasteiger partial charge in [-0.1, -0.05) is 17.7 Å². The third-order valence-electron chi connectivity index (χ3n) is 2.86. The molecule has 0 amide bonds. The number of nitrogens with one attached hydrogen (secondary N) is 1. The van der Waals surface area contributed by atoms with E-state index in [1.165, 1.54) is 0 Å². The molecule has 1 aromatic heterocycles. The first kappa shape index (κ1) is 16.3. The Hall–Kier alpha value is -1.10. The summed E-state index contributed by atoms with van der Waals surface area (Å²) >= 11 is 7.90. The van der Waals surface area contributed by atoms with Gasteiger partial charge in [0, 0.05) is 17.5 Å². The Kier molecular flexibility index (Phi) is 5.25. The number of aryl methyl sites for hydroxylation is 1. The van der Waals surface area contributed by atoms with Crippen molar-refractivity contribution in [1.29, 1.82) is 0 Å². The van der Waals surface area contributed by atoms with Crippen LogP contribution in [0.3, 0.4) is 0 Å². The van der Waals surface area contributed by atoms with E-state index in [9.17, 15) is 0 Å². The van der Waals surface area contributed by atoms with Crippen LogP contribution in [-0.4, -0.2) is 10.5 Å². The number of halogens is 1. The third kappa shape index (κ3) is 5.30. The van der Waals surface area contributed by atoms with E-state index in [0.29, 0.717) is 17.4 Å². The summed E-state index contributed by atoms with van der Waals surface area (Å²) in [6.07, 6.45) is 0. The molecule has 0 aliphatic heterocycles. The maximum absolute atomic E-state index is 6.28. The minimum atomic E-state index is 0.0874. The van der Waals surface area contributed by atoms with Crippen molar-refractivity contribution in [3.05, 3.63) is 44.9 Å². The zero-order chi connectivity index (χ0) is 15.5. The van der Waals surface area contributed by atoms with Gasteiger partial charge in [-0.3, -0.25) is 0 Å². The maximum atomic E-state index is 6.28. The molecule has 3 nitrogen and oxygen atoms in total. The Morgan fingerprint density at radius 1 is 1.33 bits per heavy atom. The monoisotopic (exact) mass is 324 g/mol. The molecule has 21 heavy (non-hydrogen) atoms. The molecule has 1 N–H and O–H groups in total. The van der Waals surface area contributed by atoms with E-state index < -0.39 is 0 Å². The smallest absolute Gasteiger partial charge is 0.138 e. The van der Waals surface area contributed by atoms with Crippen LogP contribution in [0.5, 0.6) is 5.75 Å². The van der Waals surface area contributed by atoms with Gasteiger partial charge >= 0.3 is 0 Å². The van der Waals surface area contributed by atoms with E-state index in [4.69, 9.17) is 16.3 Å². The van der Waals surface area contributed by atoms with E-state index in [2.05, 4.69) is 31.1 Å². The fraction of sp³-hybridized carbons (Fsp3) is 0.438. The van der Waals surface area contributed by atoms with E-state index in [1.54, 1.807) is 11.3 Å². The molecule has 5 heteroatoms. The number of hydrogen-bond donors (Lipinski definition) is 1. The van der Waals surface area contributed by atoms with Crippen LogP contribution in [0.1, 0.15) is 37.0 Å². The Bertz CT molecular complexity index is 605. The van der Waals surface area contributed by atoms with Gasteiger partial charge in [0.1, 0.15) is 12.4 Å². The van der Waals surface area contributed by atoms with E-state index in [1.807, 2.05) is 30.5 Å². The van der Waals surface area contributed by atoms with Gasteiger partial charge in [0.2, 0.25) is 0 Å². The summed E-state index contributed by atoms with van der Waals surface area (Å²) in [4.78, 5) is 4.37. The van der Waals surface area contributed by atoms with Crippen molar-refractivity contribution >= 4 is 22.9 Å². The van der Waals surface area contributed by atoms with Crippen LogP contribution in [0.25, 0.3) is 0 Å². The Morgan fingerprint density at radius 3 is 2.67 bits per heavy atom. The van der Waals surface area contributed by atoms with Crippen molar-refractivity contribution in [3.63, 3.8) is 0 Å². The van der Waals surface area contributed by atoms with Crippen molar-refractivity contribution in [1.82, 2.24) is 10.3 Å². The molecule has 0 aliphatic carbocycles. The molecule has 0 saturated heterocycles. The molecule has 0 unspecified atom stereocenters. The second kappa shape index (κ2) is 6.77. The highest BCUT2D eigenvalue weighted by Crippen LogP contribution is 2.26. The van der Waals surface area contributed by atoms with E-state index in [-0.39, 0.29) is 5.54 Å². The second-order valence-corrected chi connectivity index (χ2v) is 7.48. The van der Waals surface area contributed by atoms with Crippen molar-refractivity contribution < 1.29 is 4.74 Å². The number of aromatic nitrogens is 1. The van der Waals surface area contributed by atoms with Gasteiger partial charge in [-0.25, -0.2) is 4.98 Å². The first-order valence-electron chi connectivity index (χ1n) is 6.91. The topological polar surface area (TPSA) is 34.1 Å². The molecular weight excluding hydrogens is 304 g/mol. The van der Waals surface area contributed by atoms with Crippen LogP contribution in [0.4, 0.5) is 0 Å². The second-order valence-electron chi connectivity index (χ2n) is 6.01. The highest BCUT2D eigenvalue weighted by atomic mass is 35.5. The van der Waals surface area contributed by atoms with Crippen LogP contribution in [-0.2, 0) is 13.2 Å². The average molecular weight is 325 g/mol. The largest absolute Gasteiger partial charge is 0.486 e. The summed E-state index contributed by atoms with van der Waals surface area (Å²) in [6, 6.07) is 5.90. The Morgan fingerprint density at radius 2 is 2.10 bits per heavy atom. The summed E-state index contributed by atoms with van der Waals surface area (Å²) in [5.41, 5.74) is 2.17. The standard InChI is InChI=1S/C16H21ClN2OS/c1-11-19-13(10-21-11)9-20-15-6-5-12(7-14(15)17)8-18-16(2,3)4/h5-7,10,18H,8-9H2,1-4H3. The Balaban J connectivity index is 1.95. The summed E-state index contributed by atoms with van der Waals surface area (Å²) in [6.45, 7) is 9.64. The first-order valence-corrected chi connectivity index (χ1v) is 8.16. The predicted molar refractivity (Wildman–Crippen MR) is 89.2 cm³/mol. The molecule has 114 valence electrons. The summed E-state index contributed by atoms with van der Waals surface area (Å²) < 4.78 is 5.73. The number of nitrogens with zero attached hydrogens (tertiary/aromatic N) is 1. The van der Waals surface area contributed by atoms with Crippen LogP contribution in [0.15, 0.2) is 23.6 Å².